The number of fused-ring (bicyclic) bond motifs is 2. The summed E-state index contributed by atoms with van der Waals surface area (Å²) < 4.78 is 20.7. The van der Waals surface area contributed by atoms with Crippen LogP contribution in [0.1, 0.15) is 98.2 Å². The molecule has 0 aromatic heterocycles. The maximum absolute atomic E-state index is 14.1. The fourth-order valence-corrected chi connectivity index (χ4v) is 10.9. The largest absolute Gasteiger partial charge is 0.508 e. The third-order valence-electron chi connectivity index (χ3n) is 13.7. The Morgan fingerprint density at radius 3 is 1.24 bits per heavy atom. The molecular formula is C56H42O14. The highest BCUT2D eigenvalue weighted by atomic mass is 16.5. The van der Waals surface area contributed by atoms with Gasteiger partial charge in [-0.3, -0.25) is 9.59 Å². The van der Waals surface area contributed by atoms with Crippen LogP contribution in [0, 0.1) is 0 Å². The lowest BCUT2D eigenvalue weighted by Crippen LogP contribution is -2.24. The van der Waals surface area contributed by atoms with Crippen LogP contribution in [-0.2, 0) is 14.3 Å². The zero-order valence-electron chi connectivity index (χ0n) is 36.6. The minimum absolute atomic E-state index is 0.000802. The van der Waals surface area contributed by atoms with E-state index in [4.69, 9.17) is 14.2 Å². The van der Waals surface area contributed by atoms with Crippen LogP contribution < -0.4 is 9.47 Å². The molecule has 0 amide bonds. The number of ketones is 2. The number of aromatic hydroxyl groups is 8. The van der Waals surface area contributed by atoms with Crippen molar-refractivity contribution in [2.24, 2.45) is 0 Å². The lowest BCUT2D eigenvalue weighted by Gasteiger charge is -2.30. The fourth-order valence-electron chi connectivity index (χ4n) is 10.9. The Balaban J connectivity index is 1.20. The van der Waals surface area contributed by atoms with Gasteiger partial charge in [0, 0.05) is 52.8 Å². The minimum atomic E-state index is -1.12. The van der Waals surface area contributed by atoms with E-state index >= 15 is 0 Å². The van der Waals surface area contributed by atoms with Gasteiger partial charge < -0.3 is 60.2 Å². The summed E-state index contributed by atoms with van der Waals surface area (Å²) in [5, 5.41) is 98.2. The van der Waals surface area contributed by atoms with Crippen LogP contribution in [0.3, 0.4) is 0 Å². The third-order valence-corrected chi connectivity index (χ3v) is 13.7. The van der Waals surface area contributed by atoms with E-state index in [0.29, 0.717) is 50.1 Å². The van der Waals surface area contributed by atoms with Gasteiger partial charge in [-0.05, 0) is 118 Å². The molecule has 8 atom stereocenters. The molecule has 3 heterocycles. The van der Waals surface area contributed by atoms with Crippen molar-refractivity contribution in [2.75, 3.05) is 0 Å². The van der Waals surface area contributed by atoms with Gasteiger partial charge in [0.2, 0.25) is 5.78 Å². The molecule has 14 heteroatoms. The van der Waals surface area contributed by atoms with Crippen LogP contribution in [0.15, 0.2) is 163 Å². The third kappa shape index (κ3) is 7.51. The number of ether oxygens (including phenoxy) is 3. The van der Waals surface area contributed by atoms with E-state index < -0.39 is 65.4 Å². The zero-order chi connectivity index (χ0) is 48.7. The fraction of sp³-hybridized carbons (Fsp3) is 0.143. The van der Waals surface area contributed by atoms with Gasteiger partial charge in [0.15, 0.2) is 11.5 Å². The van der Waals surface area contributed by atoms with Gasteiger partial charge in [-0.25, -0.2) is 0 Å². The van der Waals surface area contributed by atoms with Gasteiger partial charge in [0.1, 0.15) is 69.7 Å². The van der Waals surface area contributed by atoms with Gasteiger partial charge in [-0.15, -0.1) is 0 Å². The average molecular weight is 939 g/mol. The smallest absolute Gasteiger partial charge is 0.224 e. The molecule has 4 aliphatic rings. The Hall–Kier alpha value is -8.88. The molecule has 0 radical (unpaired) electrons. The number of aliphatic hydroxyl groups is 1. The lowest BCUT2D eigenvalue weighted by molar-refractivity contribution is -0.117. The van der Waals surface area contributed by atoms with Crippen molar-refractivity contribution in [1.29, 1.82) is 0 Å². The topological polar surface area (TPSA) is 244 Å². The molecule has 3 aliphatic heterocycles. The Kier molecular flexibility index (Phi) is 10.4. The second kappa shape index (κ2) is 16.7. The summed E-state index contributed by atoms with van der Waals surface area (Å²) in [6.07, 6.45) is -1.82. The minimum Gasteiger partial charge on any atom is -0.508 e. The number of phenols is 8. The predicted octanol–water partition coefficient (Wildman–Crippen LogP) is 9.71. The summed E-state index contributed by atoms with van der Waals surface area (Å²) in [7, 11) is 0. The summed E-state index contributed by atoms with van der Waals surface area (Å²) in [4.78, 5) is 27.3. The van der Waals surface area contributed by atoms with E-state index in [1.54, 1.807) is 54.6 Å². The highest BCUT2D eigenvalue weighted by Crippen LogP contribution is 2.65. The van der Waals surface area contributed by atoms with Gasteiger partial charge in [-0.1, -0.05) is 48.5 Å². The summed E-state index contributed by atoms with van der Waals surface area (Å²) >= 11 is 0. The number of Topliss-reactive ketones (excluding diaryl/α,β-unsaturated/α-hetero) is 1. The van der Waals surface area contributed by atoms with E-state index in [1.165, 1.54) is 84.9 Å². The number of carbonyl (C=O) groups excluding carboxylic acids is 2. The molecule has 1 aliphatic carbocycles. The van der Waals surface area contributed by atoms with Gasteiger partial charge in [-0.2, -0.15) is 0 Å². The van der Waals surface area contributed by atoms with E-state index in [2.05, 4.69) is 0 Å². The Morgan fingerprint density at radius 2 is 0.757 bits per heavy atom. The maximum atomic E-state index is 14.1. The van der Waals surface area contributed by atoms with Gasteiger partial charge in [0.05, 0.1) is 24.0 Å². The lowest BCUT2D eigenvalue weighted by atomic mass is 9.69. The maximum Gasteiger partial charge on any atom is 0.224 e. The van der Waals surface area contributed by atoms with Gasteiger partial charge >= 0.3 is 0 Å². The molecule has 70 heavy (non-hydrogen) atoms. The van der Waals surface area contributed by atoms with E-state index in [9.17, 15) is 55.5 Å². The summed E-state index contributed by atoms with van der Waals surface area (Å²) in [6.45, 7) is 0. The number of phenolic OH excluding ortho intramolecular Hbond substituents is 8. The van der Waals surface area contributed by atoms with Crippen LogP contribution in [0.25, 0.3) is 0 Å². The number of hydrogen-bond donors (Lipinski definition) is 9. The number of hydrogen-bond acceptors (Lipinski definition) is 14. The molecule has 11 rings (SSSR count). The van der Waals surface area contributed by atoms with Crippen molar-refractivity contribution in [3.8, 4) is 57.5 Å². The molecule has 7 aromatic rings. The van der Waals surface area contributed by atoms with E-state index in [-0.39, 0.29) is 63.1 Å². The summed E-state index contributed by atoms with van der Waals surface area (Å²) in [5.41, 5.74) is 4.25. The summed E-state index contributed by atoms with van der Waals surface area (Å²) in [6, 6.07) is 35.4. The van der Waals surface area contributed by atoms with Crippen molar-refractivity contribution < 1.29 is 69.8 Å². The van der Waals surface area contributed by atoms with Crippen LogP contribution in [0.2, 0.25) is 0 Å². The second-order valence-electron chi connectivity index (χ2n) is 18.0. The van der Waals surface area contributed by atoms with Crippen molar-refractivity contribution >= 4 is 11.6 Å². The predicted molar refractivity (Wildman–Crippen MR) is 251 cm³/mol. The van der Waals surface area contributed by atoms with Crippen LogP contribution >= 0.6 is 0 Å². The molecule has 350 valence electrons. The standard InChI is InChI=1S/C56H42O14/c57-31-9-1-26(2-10-31)53-46(30-17-35(61)19-36(62)18-30)49(56(70-53)29-7-15-34(60)16-8-29)40-20-38(64)24-44-47(40)50(54(68-44)27-3-11-32(58)12-4-27)41-21-39(65)25-45-48(41)51(42-22-37(63)23-43(66)52(42)67)55(69-45)28-5-13-33(59)14-6-28/h1-25,46,49-51,53-62,64-66H. The van der Waals surface area contributed by atoms with E-state index in [0.717, 1.165) is 12.2 Å². The summed E-state index contributed by atoms with van der Waals surface area (Å²) in [5.74, 6) is -6.66. The first-order valence-corrected chi connectivity index (χ1v) is 22.3. The number of rotatable bonds is 8. The van der Waals surface area contributed by atoms with Crippen molar-refractivity contribution in [1.82, 2.24) is 0 Å². The first-order chi connectivity index (χ1) is 33.7. The molecule has 8 unspecified atom stereocenters. The highest BCUT2D eigenvalue weighted by Gasteiger charge is 2.53. The highest BCUT2D eigenvalue weighted by molar-refractivity contribution is 6.20. The molecule has 9 N–H and O–H groups in total. The van der Waals surface area contributed by atoms with Gasteiger partial charge in [0.25, 0.3) is 0 Å². The average Bonchev–Trinajstić information content (AvgIpc) is 4.03. The zero-order valence-corrected chi connectivity index (χ0v) is 36.6. The molecule has 1 saturated heterocycles. The molecule has 14 nitrogen and oxygen atoms in total. The molecule has 0 saturated carbocycles. The molecular weight excluding hydrogens is 897 g/mol. The van der Waals surface area contributed by atoms with Crippen molar-refractivity contribution in [2.45, 2.75) is 48.1 Å². The first kappa shape index (κ1) is 43.7. The van der Waals surface area contributed by atoms with E-state index in [1.807, 2.05) is 0 Å². The Bertz CT molecular complexity index is 3290. The second-order valence-corrected chi connectivity index (χ2v) is 18.0. The van der Waals surface area contributed by atoms with Crippen LogP contribution in [0.4, 0.5) is 0 Å². The molecule has 0 bridgehead atoms. The Labute approximate surface area is 398 Å². The quantitative estimate of drug-likeness (QED) is 0.0645. The first-order valence-electron chi connectivity index (χ1n) is 22.3. The Morgan fingerprint density at radius 1 is 0.357 bits per heavy atom. The molecule has 0 spiro atoms. The number of benzene rings is 7. The number of carbonyl (C=O) groups is 2. The van der Waals surface area contributed by atoms with Crippen molar-refractivity contribution in [3.63, 3.8) is 0 Å². The SMILES string of the molecule is O=C1C=C(O)C(=O)C(C2c3c(cc(O)cc3C3c4c(cc(O)cc4C4C(c5ccc(O)cc5)OC(c5ccc(O)cc5)C4c4cc(O)cc(O)c4)OC3c3ccc(O)cc3)OC2c2ccc(O)cc2)=C1. The van der Waals surface area contributed by atoms with Crippen LogP contribution in [-0.4, -0.2) is 57.5 Å². The molecule has 7 aromatic carbocycles. The molecule has 1 fully saturated rings. The monoisotopic (exact) mass is 938 g/mol. The number of aliphatic hydroxyl groups excluding tert-OH is 1. The van der Waals surface area contributed by atoms with Crippen molar-refractivity contribution in [3.05, 3.63) is 213 Å². The van der Waals surface area contributed by atoms with Crippen LogP contribution in [0.5, 0.6) is 57.5 Å². The number of allylic oxidation sites excluding steroid dienone is 3. The normalized spacial score (nSPS) is 23.5.